The molecule has 24 heavy (non-hydrogen) atoms. The van der Waals surface area contributed by atoms with E-state index in [1.165, 1.54) is 12.8 Å². The molecule has 0 saturated carbocycles. The second-order valence-electron chi connectivity index (χ2n) is 7.26. The molecule has 4 rings (SSSR count). The zero-order valence-corrected chi connectivity index (χ0v) is 14.3. The van der Waals surface area contributed by atoms with Crippen molar-refractivity contribution in [2.75, 3.05) is 26.3 Å². The lowest BCUT2D eigenvalue weighted by atomic mass is 9.90. The number of aliphatic hydroxyl groups is 1. The molecule has 1 N–H and O–H groups in total. The average molecular weight is 330 g/mol. The summed E-state index contributed by atoms with van der Waals surface area (Å²) in [7, 11) is 0. The molecule has 0 aliphatic carbocycles. The molecule has 6 heteroatoms. The third-order valence-corrected chi connectivity index (χ3v) is 5.34. The van der Waals surface area contributed by atoms with Crippen LogP contribution < -0.4 is 0 Å². The van der Waals surface area contributed by atoms with E-state index in [-0.39, 0.29) is 6.04 Å². The van der Waals surface area contributed by atoms with Crippen LogP contribution in [0.1, 0.15) is 49.5 Å². The van der Waals surface area contributed by atoms with Crippen molar-refractivity contribution in [3.63, 3.8) is 0 Å². The molecule has 0 unspecified atom stereocenters. The summed E-state index contributed by atoms with van der Waals surface area (Å²) < 4.78 is 7.25. The Labute approximate surface area is 142 Å². The molecule has 2 aromatic heterocycles. The standard InChI is InChI=1S/C18H26N4O2/c1-14-12-17-19-15(5-9-22(17)20-14)16-4-2-3-8-21(16)13-18(23)6-10-24-11-7-18/h5,9,12,16,23H,2-4,6-8,10-11,13H2,1H3/t16-/m1/s1. The Balaban J connectivity index is 1.58. The van der Waals surface area contributed by atoms with Crippen molar-refractivity contribution in [1.82, 2.24) is 19.5 Å². The number of ether oxygens (including phenoxy) is 1. The monoisotopic (exact) mass is 330 g/mol. The van der Waals surface area contributed by atoms with Gasteiger partial charge in [0.1, 0.15) is 0 Å². The van der Waals surface area contributed by atoms with E-state index in [2.05, 4.69) is 16.1 Å². The third-order valence-electron chi connectivity index (χ3n) is 5.34. The quantitative estimate of drug-likeness (QED) is 0.934. The van der Waals surface area contributed by atoms with Crippen LogP contribution >= 0.6 is 0 Å². The summed E-state index contributed by atoms with van der Waals surface area (Å²) in [6.45, 7) is 5.05. The minimum absolute atomic E-state index is 0.283. The van der Waals surface area contributed by atoms with Crippen molar-refractivity contribution in [2.24, 2.45) is 0 Å². The number of likely N-dealkylation sites (tertiary alicyclic amines) is 1. The molecule has 130 valence electrons. The number of piperidine rings is 1. The number of rotatable bonds is 3. The fourth-order valence-corrected chi connectivity index (χ4v) is 4.00. The van der Waals surface area contributed by atoms with Crippen LogP contribution in [0.15, 0.2) is 18.3 Å². The minimum Gasteiger partial charge on any atom is -0.388 e. The highest BCUT2D eigenvalue weighted by Crippen LogP contribution is 2.33. The first kappa shape index (κ1) is 16.0. The van der Waals surface area contributed by atoms with Gasteiger partial charge in [-0.15, -0.1) is 0 Å². The highest BCUT2D eigenvalue weighted by atomic mass is 16.5. The Morgan fingerprint density at radius 1 is 1.33 bits per heavy atom. The lowest BCUT2D eigenvalue weighted by molar-refractivity contribution is -0.0888. The predicted molar refractivity (Wildman–Crippen MR) is 90.9 cm³/mol. The fourth-order valence-electron chi connectivity index (χ4n) is 4.00. The van der Waals surface area contributed by atoms with Crippen molar-refractivity contribution < 1.29 is 9.84 Å². The summed E-state index contributed by atoms with van der Waals surface area (Å²) in [6.07, 6.45) is 6.96. The molecule has 0 radical (unpaired) electrons. The van der Waals surface area contributed by atoms with Crippen molar-refractivity contribution in [3.05, 3.63) is 29.7 Å². The largest absolute Gasteiger partial charge is 0.388 e. The smallest absolute Gasteiger partial charge is 0.155 e. The van der Waals surface area contributed by atoms with E-state index in [4.69, 9.17) is 9.72 Å². The van der Waals surface area contributed by atoms with E-state index in [1.54, 1.807) is 0 Å². The lowest BCUT2D eigenvalue weighted by Gasteiger charge is -2.42. The lowest BCUT2D eigenvalue weighted by Crippen LogP contribution is -2.49. The number of hydrogen-bond acceptors (Lipinski definition) is 5. The van der Waals surface area contributed by atoms with Gasteiger partial charge in [-0.1, -0.05) is 6.42 Å². The van der Waals surface area contributed by atoms with E-state index in [9.17, 15) is 5.11 Å². The maximum atomic E-state index is 10.9. The van der Waals surface area contributed by atoms with Crippen LogP contribution in [0.25, 0.3) is 5.65 Å². The first-order valence-corrected chi connectivity index (χ1v) is 9.00. The fraction of sp³-hybridized carbons (Fsp3) is 0.667. The summed E-state index contributed by atoms with van der Waals surface area (Å²) in [5, 5.41) is 15.3. The number of nitrogens with zero attached hydrogens (tertiary/aromatic N) is 4. The maximum Gasteiger partial charge on any atom is 0.155 e. The van der Waals surface area contributed by atoms with Crippen molar-refractivity contribution >= 4 is 5.65 Å². The summed E-state index contributed by atoms with van der Waals surface area (Å²) >= 11 is 0. The maximum absolute atomic E-state index is 10.9. The Morgan fingerprint density at radius 3 is 3.00 bits per heavy atom. The third kappa shape index (κ3) is 3.18. The number of aromatic nitrogens is 3. The molecule has 0 amide bonds. The molecular formula is C18H26N4O2. The minimum atomic E-state index is -0.620. The SMILES string of the molecule is Cc1cc2nc([C@H]3CCCCN3CC3(O)CCOCC3)ccn2n1. The Morgan fingerprint density at radius 2 is 2.17 bits per heavy atom. The Hall–Kier alpha value is -1.50. The number of β-amino-alcohol motifs (C(OH)–C–C–N with tert-alkyl or cyclic N) is 1. The number of fused-ring (bicyclic) bond motifs is 1. The van der Waals surface area contributed by atoms with Gasteiger partial charge in [-0.05, 0) is 32.4 Å². The highest BCUT2D eigenvalue weighted by molar-refractivity contribution is 5.39. The summed E-state index contributed by atoms with van der Waals surface area (Å²) in [6, 6.07) is 4.38. The summed E-state index contributed by atoms with van der Waals surface area (Å²) in [5.74, 6) is 0. The van der Waals surface area contributed by atoms with E-state index >= 15 is 0 Å². The molecule has 4 heterocycles. The number of aryl methyl sites for hydroxylation is 1. The van der Waals surface area contributed by atoms with Crippen LogP contribution in [0.5, 0.6) is 0 Å². The zero-order chi connectivity index (χ0) is 16.6. The van der Waals surface area contributed by atoms with Gasteiger partial charge in [-0.25, -0.2) is 9.50 Å². The van der Waals surface area contributed by atoms with Crippen LogP contribution in [0.2, 0.25) is 0 Å². The highest BCUT2D eigenvalue weighted by Gasteiger charge is 2.36. The first-order chi connectivity index (χ1) is 11.6. The van der Waals surface area contributed by atoms with Gasteiger partial charge in [-0.2, -0.15) is 5.10 Å². The predicted octanol–water partition coefficient (Wildman–Crippen LogP) is 2.11. The van der Waals surface area contributed by atoms with Gasteiger partial charge in [-0.3, -0.25) is 4.90 Å². The van der Waals surface area contributed by atoms with Gasteiger partial charge in [0, 0.05) is 44.9 Å². The van der Waals surface area contributed by atoms with Gasteiger partial charge < -0.3 is 9.84 Å². The molecule has 1 atom stereocenters. The number of hydrogen-bond donors (Lipinski definition) is 1. The molecule has 0 spiro atoms. The van der Waals surface area contributed by atoms with Crippen molar-refractivity contribution in [3.8, 4) is 0 Å². The first-order valence-electron chi connectivity index (χ1n) is 9.00. The van der Waals surface area contributed by atoms with E-state index in [0.29, 0.717) is 19.8 Å². The summed E-state index contributed by atoms with van der Waals surface area (Å²) in [4.78, 5) is 7.27. The van der Waals surface area contributed by atoms with Crippen LogP contribution in [0.4, 0.5) is 0 Å². The molecule has 0 aromatic carbocycles. The van der Waals surface area contributed by atoms with Crippen LogP contribution in [0, 0.1) is 6.92 Å². The van der Waals surface area contributed by atoms with Crippen molar-refractivity contribution in [1.29, 1.82) is 0 Å². The van der Waals surface area contributed by atoms with Gasteiger partial charge in [0.05, 0.1) is 23.0 Å². The van der Waals surface area contributed by atoms with E-state index in [0.717, 1.165) is 42.8 Å². The summed E-state index contributed by atoms with van der Waals surface area (Å²) in [5.41, 5.74) is 2.36. The van der Waals surface area contributed by atoms with E-state index < -0.39 is 5.60 Å². The van der Waals surface area contributed by atoms with Gasteiger partial charge in [0.25, 0.3) is 0 Å². The molecule has 6 nitrogen and oxygen atoms in total. The Bertz CT molecular complexity index is 708. The van der Waals surface area contributed by atoms with Crippen LogP contribution in [-0.4, -0.2) is 56.5 Å². The second kappa shape index (κ2) is 6.43. The topological polar surface area (TPSA) is 62.9 Å². The van der Waals surface area contributed by atoms with Crippen molar-refractivity contribution in [2.45, 2.75) is 50.7 Å². The second-order valence-corrected chi connectivity index (χ2v) is 7.26. The Kier molecular flexibility index (Phi) is 4.28. The zero-order valence-electron chi connectivity index (χ0n) is 14.3. The van der Waals surface area contributed by atoms with Crippen LogP contribution in [-0.2, 0) is 4.74 Å². The van der Waals surface area contributed by atoms with Gasteiger partial charge in [0.15, 0.2) is 5.65 Å². The van der Waals surface area contributed by atoms with E-state index in [1.807, 2.05) is 23.7 Å². The molecule has 2 aromatic rings. The normalized spacial score (nSPS) is 25.2. The molecule has 2 saturated heterocycles. The average Bonchev–Trinajstić information content (AvgIpc) is 2.95. The molecular weight excluding hydrogens is 304 g/mol. The van der Waals surface area contributed by atoms with Crippen LogP contribution in [0.3, 0.4) is 0 Å². The molecule has 2 aliphatic rings. The van der Waals surface area contributed by atoms with Gasteiger partial charge in [0.2, 0.25) is 0 Å². The molecule has 2 fully saturated rings. The molecule has 0 bridgehead atoms. The molecule has 2 aliphatic heterocycles. The van der Waals surface area contributed by atoms with Gasteiger partial charge >= 0.3 is 0 Å².